The molecule has 0 fully saturated rings. The summed E-state index contributed by atoms with van der Waals surface area (Å²) in [6.07, 6.45) is 2.05. The van der Waals surface area contributed by atoms with Gasteiger partial charge in [0, 0.05) is 18.6 Å². The number of fused-ring (bicyclic) bond motifs is 1. The van der Waals surface area contributed by atoms with Gasteiger partial charge in [0.15, 0.2) is 0 Å². The van der Waals surface area contributed by atoms with Gasteiger partial charge < -0.3 is 5.32 Å². The predicted octanol–water partition coefficient (Wildman–Crippen LogP) is 1.87. The largest absolute Gasteiger partial charge is 0.326 e. The molecule has 0 spiro atoms. The summed E-state index contributed by atoms with van der Waals surface area (Å²) in [6.45, 7) is 0. The minimum atomic E-state index is -0.461. The molecule has 0 radical (unpaired) electrons. The summed E-state index contributed by atoms with van der Waals surface area (Å²) in [5.74, 6) is -0.0748. The lowest BCUT2D eigenvalue weighted by molar-refractivity contribution is -0.384. The molecule has 0 aliphatic carbocycles. The topological polar surface area (TPSA) is 72.2 Å². The maximum atomic E-state index is 11.2. The van der Waals surface area contributed by atoms with Crippen molar-refractivity contribution in [2.45, 2.75) is 19.3 Å². The van der Waals surface area contributed by atoms with Crippen molar-refractivity contribution >= 4 is 17.3 Å². The first-order valence-electron chi connectivity index (χ1n) is 4.74. The summed E-state index contributed by atoms with van der Waals surface area (Å²) in [7, 11) is 0. The molecular formula is C10H10N2O3. The molecule has 1 aliphatic rings. The number of anilines is 1. The lowest BCUT2D eigenvalue weighted by Crippen LogP contribution is -2.09. The number of benzene rings is 1. The Morgan fingerprint density at radius 2 is 2.13 bits per heavy atom. The van der Waals surface area contributed by atoms with Crippen LogP contribution >= 0.6 is 0 Å². The van der Waals surface area contributed by atoms with E-state index in [0.717, 1.165) is 18.4 Å². The van der Waals surface area contributed by atoms with E-state index in [0.29, 0.717) is 12.1 Å². The number of amides is 1. The molecule has 0 atom stereocenters. The maximum absolute atomic E-state index is 11.2. The Morgan fingerprint density at radius 3 is 2.87 bits per heavy atom. The fraction of sp³-hybridized carbons (Fsp3) is 0.300. The van der Waals surface area contributed by atoms with Crippen molar-refractivity contribution in [2.24, 2.45) is 0 Å². The molecular weight excluding hydrogens is 196 g/mol. The zero-order valence-corrected chi connectivity index (χ0v) is 8.03. The van der Waals surface area contributed by atoms with Crippen molar-refractivity contribution in [3.05, 3.63) is 33.9 Å². The van der Waals surface area contributed by atoms with Crippen molar-refractivity contribution in [1.82, 2.24) is 0 Å². The summed E-state index contributed by atoms with van der Waals surface area (Å²) >= 11 is 0. The zero-order valence-electron chi connectivity index (χ0n) is 8.03. The smallest absolute Gasteiger partial charge is 0.271 e. The normalized spacial score (nSPS) is 15.1. The third-order valence-electron chi connectivity index (χ3n) is 2.43. The standard InChI is InChI=1S/C10H10N2O3/c13-10-3-1-2-7-4-5-8(12(14)15)6-9(7)11-10/h4-6H,1-3H2,(H,11,13). The van der Waals surface area contributed by atoms with E-state index in [9.17, 15) is 14.9 Å². The quantitative estimate of drug-likeness (QED) is 0.563. The molecule has 0 saturated carbocycles. The Morgan fingerprint density at radius 1 is 1.33 bits per heavy atom. The van der Waals surface area contributed by atoms with Gasteiger partial charge in [0.05, 0.1) is 10.6 Å². The molecule has 5 nitrogen and oxygen atoms in total. The second kappa shape index (κ2) is 3.68. The van der Waals surface area contributed by atoms with Gasteiger partial charge in [-0.1, -0.05) is 6.07 Å². The molecule has 0 saturated heterocycles. The van der Waals surface area contributed by atoms with Crippen molar-refractivity contribution in [3.8, 4) is 0 Å². The fourth-order valence-electron chi connectivity index (χ4n) is 1.66. The summed E-state index contributed by atoms with van der Waals surface area (Å²) in [6, 6.07) is 4.59. The van der Waals surface area contributed by atoms with Gasteiger partial charge in [-0.15, -0.1) is 0 Å². The first-order chi connectivity index (χ1) is 7.16. The van der Waals surface area contributed by atoms with E-state index in [2.05, 4.69) is 5.32 Å². The highest BCUT2D eigenvalue weighted by molar-refractivity contribution is 5.92. The van der Waals surface area contributed by atoms with Gasteiger partial charge in [-0.05, 0) is 18.4 Å². The first kappa shape index (κ1) is 9.64. The van der Waals surface area contributed by atoms with Crippen LogP contribution < -0.4 is 5.32 Å². The molecule has 5 heteroatoms. The predicted molar refractivity (Wildman–Crippen MR) is 54.7 cm³/mol. The fourth-order valence-corrected chi connectivity index (χ4v) is 1.66. The molecule has 78 valence electrons. The number of nitrogens with zero attached hydrogens (tertiary/aromatic N) is 1. The monoisotopic (exact) mass is 206 g/mol. The molecule has 1 aromatic rings. The molecule has 0 aromatic heterocycles. The number of nitrogens with one attached hydrogen (secondary N) is 1. The third-order valence-corrected chi connectivity index (χ3v) is 2.43. The molecule has 0 bridgehead atoms. The van der Waals surface area contributed by atoms with Gasteiger partial charge in [0.2, 0.25) is 5.91 Å². The number of rotatable bonds is 1. The van der Waals surface area contributed by atoms with Crippen LogP contribution in [-0.4, -0.2) is 10.8 Å². The van der Waals surface area contributed by atoms with E-state index in [1.54, 1.807) is 6.07 Å². The average molecular weight is 206 g/mol. The molecule has 2 rings (SSSR count). The van der Waals surface area contributed by atoms with Crippen LogP contribution in [0.25, 0.3) is 0 Å². The SMILES string of the molecule is O=C1CCCc2ccc([N+](=O)[O-])cc2N1. The number of nitro groups is 1. The van der Waals surface area contributed by atoms with Crippen molar-refractivity contribution in [3.63, 3.8) is 0 Å². The third kappa shape index (κ3) is 1.96. The summed E-state index contributed by atoms with van der Waals surface area (Å²) in [5.41, 5.74) is 1.55. The number of hydrogen-bond donors (Lipinski definition) is 1. The second-order valence-electron chi connectivity index (χ2n) is 3.50. The second-order valence-corrected chi connectivity index (χ2v) is 3.50. The van der Waals surface area contributed by atoms with Gasteiger partial charge >= 0.3 is 0 Å². The van der Waals surface area contributed by atoms with E-state index in [4.69, 9.17) is 0 Å². The van der Waals surface area contributed by atoms with Crippen LogP contribution in [0.1, 0.15) is 18.4 Å². The zero-order chi connectivity index (χ0) is 10.8. The van der Waals surface area contributed by atoms with Gasteiger partial charge in [0.1, 0.15) is 0 Å². The minimum Gasteiger partial charge on any atom is -0.326 e. The number of nitro benzene ring substituents is 1. The Hall–Kier alpha value is -1.91. The molecule has 0 unspecified atom stereocenters. The van der Waals surface area contributed by atoms with Crippen LogP contribution in [0.4, 0.5) is 11.4 Å². The van der Waals surface area contributed by atoms with E-state index in [1.165, 1.54) is 12.1 Å². The summed E-state index contributed by atoms with van der Waals surface area (Å²) < 4.78 is 0. The lowest BCUT2D eigenvalue weighted by atomic mass is 10.1. The van der Waals surface area contributed by atoms with Crippen LogP contribution in [0, 0.1) is 10.1 Å². The number of non-ortho nitro benzene ring substituents is 1. The van der Waals surface area contributed by atoms with Crippen LogP contribution in [0.15, 0.2) is 18.2 Å². The van der Waals surface area contributed by atoms with Crippen LogP contribution in [0.5, 0.6) is 0 Å². The van der Waals surface area contributed by atoms with E-state index >= 15 is 0 Å². The van der Waals surface area contributed by atoms with Gasteiger partial charge in [-0.3, -0.25) is 14.9 Å². The highest BCUT2D eigenvalue weighted by atomic mass is 16.6. The van der Waals surface area contributed by atoms with Gasteiger partial charge in [0.25, 0.3) is 5.69 Å². The first-order valence-corrected chi connectivity index (χ1v) is 4.74. The van der Waals surface area contributed by atoms with Crippen molar-refractivity contribution in [1.29, 1.82) is 0 Å². The lowest BCUT2D eigenvalue weighted by Gasteiger charge is -2.05. The molecule has 1 aliphatic heterocycles. The van der Waals surface area contributed by atoms with E-state index in [1.807, 2.05) is 0 Å². The number of hydrogen-bond acceptors (Lipinski definition) is 3. The number of aryl methyl sites for hydroxylation is 1. The van der Waals surface area contributed by atoms with Gasteiger partial charge in [-0.25, -0.2) is 0 Å². The Labute approximate surface area is 86.2 Å². The molecule has 1 N–H and O–H groups in total. The Kier molecular flexibility index (Phi) is 2.37. The van der Waals surface area contributed by atoms with Crippen molar-refractivity contribution < 1.29 is 9.72 Å². The van der Waals surface area contributed by atoms with Crippen LogP contribution in [-0.2, 0) is 11.2 Å². The highest BCUT2D eigenvalue weighted by Gasteiger charge is 2.15. The summed E-state index contributed by atoms with van der Waals surface area (Å²) in [4.78, 5) is 21.3. The van der Waals surface area contributed by atoms with Crippen LogP contribution in [0.2, 0.25) is 0 Å². The number of carbonyl (C=O) groups is 1. The molecule has 1 aromatic carbocycles. The number of carbonyl (C=O) groups excluding carboxylic acids is 1. The minimum absolute atomic E-state index is 0.0101. The van der Waals surface area contributed by atoms with Gasteiger partial charge in [-0.2, -0.15) is 0 Å². The Bertz CT molecular complexity index is 429. The highest BCUT2D eigenvalue weighted by Crippen LogP contribution is 2.26. The molecule has 15 heavy (non-hydrogen) atoms. The van der Waals surface area contributed by atoms with Crippen LogP contribution in [0.3, 0.4) is 0 Å². The average Bonchev–Trinajstić information content (AvgIpc) is 2.37. The maximum Gasteiger partial charge on any atom is 0.271 e. The molecule has 1 heterocycles. The summed E-state index contributed by atoms with van der Waals surface area (Å²) in [5, 5.41) is 13.2. The van der Waals surface area contributed by atoms with E-state index in [-0.39, 0.29) is 11.6 Å². The van der Waals surface area contributed by atoms with Crippen molar-refractivity contribution in [2.75, 3.05) is 5.32 Å². The molecule has 1 amide bonds. The Balaban J connectivity index is 2.41. The van der Waals surface area contributed by atoms with E-state index < -0.39 is 4.92 Å².